The number of carboxylic acid groups (broad SMARTS) is 1. The number of hydrogen-bond donors (Lipinski definition) is 3. The molecule has 3 rings (SSSR count). The molecule has 11 nitrogen and oxygen atoms in total. The summed E-state index contributed by atoms with van der Waals surface area (Å²) < 4.78 is 0. The maximum atomic E-state index is 13.1. The Balaban J connectivity index is 1.74. The molecule has 2 unspecified atom stereocenters. The highest BCUT2D eigenvalue weighted by molar-refractivity contribution is 5.96. The number of benzene rings is 1. The quantitative estimate of drug-likeness (QED) is 0.501. The number of rotatable bonds is 7. The number of nitrogens with one attached hydrogen (secondary N) is 2. The van der Waals surface area contributed by atoms with Gasteiger partial charge in [-0.2, -0.15) is 5.26 Å². The number of carbonyl (C=O) groups excluding carboxylic acids is 4. The van der Waals surface area contributed by atoms with E-state index in [1.54, 1.807) is 0 Å². The third-order valence-electron chi connectivity index (χ3n) is 5.93. The van der Waals surface area contributed by atoms with Crippen molar-refractivity contribution in [1.29, 1.82) is 5.26 Å². The van der Waals surface area contributed by atoms with E-state index in [-0.39, 0.29) is 56.6 Å². The highest BCUT2D eigenvalue weighted by Gasteiger charge is 2.38. The van der Waals surface area contributed by atoms with Crippen LogP contribution in [-0.2, 0) is 19.2 Å². The average Bonchev–Trinajstić information content (AvgIpc) is 2.84. The Morgan fingerprint density at radius 1 is 1.15 bits per heavy atom. The number of carboxylic acids is 1. The van der Waals surface area contributed by atoms with Crippen LogP contribution in [0.3, 0.4) is 0 Å². The summed E-state index contributed by atoms with van der Waals surface area (Å²) >= 11 is 0. The fourth-order valence-electron chi connectivity index (χ4n) is 4.07. The molecule has 0 aliphatic carbocycles. The zero-order chi connectivity index (χ0) is 24.7. The first kappa shape index (κ1) is 24.7. The second kappa shape index (κ2) is 11.3. The molecule has 1 aromatic rings. The van der Waals surface area contributed by atoms with Crippen molar-refractivity contribution >= 4 is 29.6 Å². The Kier molecular flexibility index (Phi) is 8.19. The molecule has 0 aromatic heterocycles. The summed E-state index contributed by atoms with van der Waals surface area (Å²) in [6, 6.07) is 6.39. The molecule has 34 heavy (non-hydrogen) atoms. The third kappa shape index (κ3) is 6.10. The van der Waals surface area contributed by atoms with E-state index in [4.69, 9.17) is 10.4 Å². The van der Waals surface area contributed by atoms with Gasteiger partial charge in [0.05, 0.1) is 18.2 Å². The van der Waals surface area contributed by atoms with Crippen LogP contribution in [0.15, 0.2) is 24.3 Å². The summed E-state index contributed by atoms with van der Waals surface area (Å²) in [6.45, 7) is 0.763. The van der Waals surface area contributed by atoms with Crippen LogP contribution in [0.4, 0.5) is 0 Å². The maximum absolute atomic E-state index is 13.1. The van der Waals surface area contributed by atoms with Crippen LogP contribution in [0.1, 0.15) is 48.0 Å². The van der Waals surface area contributed by atoms with Gasteiger partial charge in [0, 0.05) is 38.0 Å². The summed E-state index contributed by atoms with van der Waals surface area (Å²) in [7, 11) is 0. The molecule has 11 heteroatoms. The lowest BCUT2D eigenvalue weighted by atomic mass is 10.0. The molecule has 1 aromatic carbocycles. The van der Waals surface area contributed by atoms with Gasteiger partial charge in [-0.05, 0) is 43.5 Å². The van der Waals surface area contributed by atoms with Gasteiger partial charge in [0.2, 0.25) is 17.7 Å². The lowest BCUT2D eigenvalue weighted by molar-refractivity contribution is -0.144. The minimum Gasteiger partial charge on any atom is -0.481 e. The highest BCUT2D eigenvalue weighted by atomic mass is 16.4. The summed E-state index contributed by atoms with van der Waals surface area (Å²) in [4.78, 5) is 64.7. The fourth-order valence-corrected chi connectivity index (χ4v) is 4.07. The van der Waals surface area contributed by atoms with Crippen LogP contribution in [0, 0.1) is 11.3 Å². The first-order valence-electron chi connectivity index (χ1n) is 11.2. The predicted octanol–water partition coefficient (Wildman–Crippen LogP) is -0.139. The summed E-state index contributed by atoms with van der Waals surface area (Å²) in [6.07, 6.45) is 1.12. The van der Waals surface area contributed by atoms with Gasteiger partial charge in [0.15, 0.2) is 0 Å². The summed E-state index contributed by atoms with van der Waals surface area (Å²) in [5.74, 6) is -2.55. The van der Waals surface area contributed by atoms with Gasteiger partial charge in [-0.15, -0.1) is 0 Å². The number of piperazine rings is 1. The average molecular weight is 469 g/mol. The molecule has 2 aliphatic heterocycles. The number of carbonyl (C=O) groups is 5. The Labute approximate surface area is 196 Å². The summed E-state index contributed by atoms with van der Waals surface area (Å²) in [5.41, 5.74) is 0.766. The van der Waals surface area contributed by atoms with Gasteiger partial charge in [-0.3, -0.25) is 24.0 Å². The molecule has 0 radical (unpaired) electrons. The number of piperidine rings is 1. The maximum Gasteiger partial charge on any atom is 0.303 e. The van der Waals surface area contributed by atoms with Crippen LogP contribution < -0.4 is 10.6 Å². The van der Waals surface area contributed by atoms with Crippen molar-refractivity contribution in [2.45, 2.75) is 44.2 Å². The Morgan fingerprint density at radius 2 is 1.88 bits per heavy atom. The molecule has 2 saturated heterocycles. The standard InChI is InChI=1S/C23H27N5O6/c24-13-15-6-8-16(9-7-15)23(34)27-11-12-28(19(29)4-1-5-20(30)31)18(14-27)22(33)26-17-3-2-10-25-21(17)32/h6-9,17-18H,1-5,10-12,14H2,(H,25,32)(H,26,33)(H,30,31). The lowest BCUT2D eigenvalue weighted by Gasteiger charge is -2.41. The van der Waals surface area contributed by atoms with E-state index in [0.717, 1.165) is 0 Å². The predicted molar refractivity (Wildman–Crippen MR) is 118 cm³/mol. The van der Waals surface area contributed by atoms with E-state index in [1.807, 2.05) is 6.07 Å². The molecule has 2 heterocycles. The Morgan fingerprint density at radius 3 is 2.53 bits per heavy atom. The molecule has 2 fully saturated rings. The van der Waals surface area contributed by atoms with Crippen molar-refractivity contribution in [1.82, 2.24) is 20.4 Å². The minimum atomic E-state index is -1.01. The normalized spacial score (nSPS) is 20.1. The third-order valence-corrected chi connectivity index (χ3v) is 5.93. The van der Waals surface area contributed by atoms with Crippen LogP contribution >= 0.6 is 0 Å². The molecule has 0 saturated carbocycles. The van der Waals surface area contributed by atoms with E-state index >= 15 is 0 Å². The smallest absolute Gasteiger partial charge is 0.303 e. The second-order valence-corrected chi connectivity index (χ2v) is 8.28. The van der Waals surface area contributed by atoms with E-state index in [9.17, 15) is 24.0 Å². The molecular weight excluding hydrogens is 442 g/mol. The van der Waals surface area contributed by atoms with Crippen molar-refractivity contribution in [3.8, 4) is 6.07 Å². The van der Waals surface area contributed by atoms with Gasteiger partial charge in [0.1, 0.15) is 12.1 Å². The fraction of sp³-hybridized carbons (Fsp3) is 0.478. The first-order valence-corrected chi connectivity index (χ1v) is 11.2. The SMILES string of the molecule is N#Cc1ccc(C(=O)N2CCN(C(=O)CCCC(=O)O)C(C(=O)NC3CCCNC3=O)C2)cc1. The Bertz CT molecular complexity index is 1000. The largest absolute Gasteiger partial charge is 0.481 e. The van der Waals surface area contributed by atoms with Gasteiger partial charge in [0.25, 0.3) is 5.91 Å². The van der Waals surface area contributed by atoms with Crippen molar-refractivity contribution in [3.05, 3.63) is 35.4 Å². The zero-order valence-electron chi connectivity index (χ0n) is 18.7. The van der Waals surface area contributed by atoms with Gasteiger partial charge in [-0.25, -0.2) is 0 Å². The molecule has 2 aliphatic rings. The molecular formula is C23H27N5O6. The molecule has 0 bridgehead atoms. The van der Waals surface area contributed by atoms with Gasteiger partial charge < -0.3 is 25.5 Å². The van der Waals surface area contributed by atoms with E-state index < -0.39 is 24.0 Å². The highest BCUT2D eigenvalue weighted by Crippen LogP contribution is 2.17. The van der Waals surface area contributed by atoms with Gasteiger partial charge in [-0.1, -0.05) is 0 Å². The molecule has 0 spiro atoms. The zero-order valence-corrected chi connectivity index (χ0v) is 18.7. The molecule has 3 N–H and O–H groups in total. The number of nitriles is 1. The Hall–Kier alpha value is -3.94. The first-order chi connectivity index (χ1) is 16.3. The molecule has 2 atom stereocenters. The molecule has 4 amide bonds. The van der Waals surface area contributed by atoms with E-state index in [0.29, 0.717) is 30.5 Å². The van der Waals surface area contributed by atoms with Crippen LogP contribution in [-0.4, -0.2) is 82.8 Å². The van der Waals surface area contributed by atoms with Crippen molar-refractivity contribution in [3.63, 3.8) is 0 Å². The van der Waals surface area contributed by atoms with Crippen LogP contribution in [0.25, 0.3) is 0 Å². The minimum absolute atomic E-state index is 0.0381. The number of nitrogens with zero attached hydrogens (tertiary/aromatic N) is 3. The van der Waals surface area contributed by atoms with Crippen molar-refractivity contribution in [2.24, 2.45) is 0 Å². The van der Waals surface area contributed by atoms with E-state index in [2.05, 4.69) is 10.6 Å². The lowest BCUT2D eigenvalue weighted by Crippen LogP contribution is -2.63. The topological polar surface area (TPSA) is 160 Å². The van der Waals surface area contributed by atoms with E-state index in [1.165, 1.54) is 34.1 Å². The number of hydrogen-bond acceptors (Lipinski definition) is 6. The van der Waals surface area contributed by atoms with Crippen LogP contribution in [0.5, 0.6) is 0 Å². The number of aliphatic carboxylic acids is 1. The monoisotopic (exact) mass is 469 g/mol. The van der Waals surface area contributed by atoms with Crippen molar-refractivity contribution in [2.75, 3.05) is 26.2 Å². The second-order valence-electron chi connectivity index (χ2n) is 8.28. The molecule has 180 valence electrons. The summed E-state index contributed by atoms with van der Waals surface area (Å²) in [5, 5.41) is 23.2. The van der Waals surface area contributed by atoms with Crippen LogP contribution in [0.2, 0.25) is 0 Å². The number of amides is 4. The van der Waals surface area contributed by atoms with Crippen molar-refractivity contribution < 1.29 is 29.1 Å². The van der Waals surface area contributed by atoms with Gasteiger partial charge >= 0.3 is 5.97 Å².